The summed E-state index contributed by atoms with van der Waals surface area (Å²) in [6.07, 6.45) is 0. The topological polar surface area (TPSA) is 118 Å². The van der Waals surface area contributed by atoms with E-state index >= 15 is 0 Å². The second kappa shape index (κ2) is 6.09. The maximum absolute atomic E-state index is 11.4. The van der Waals surface area contributed by atoms with Crippen molar-refractivity contribution in [1.82, 2.24) is 0 Å². The molecule has 0 bridgehead atoms. The third kappa shape index (κ3) is 3.80. The Labute approximate surface area is 95.6 Å². The van der Waals surface area contributed by atoms with Crippen LogP contribution < -0.4 is 0 Å². The molecule has 0 aliphatic carbocycles. The minimum absolute atomic E-state index is 0.0279. The Morgan fingerprint density at radius 3 is 2.65 bits per heavy atom. The fourth-order valence-corrected chi connectivity index (χ4v) is 1.03. The van der Waals surface area contributed by atoms with Crippen LogP contribution in [0.1, 0.15) is 10.4 Å². The van der Waals surface area contributed by atoms with Crippen LogP contribution in [0.2, 0.25) is 0 Å². The molecule has 0 N–H and O–H groups in total. The largest absolute Gasteiger partial charge is 0.462 e. The fourth-order valence-electron chi connectivity index (χ4n) is 1.03. The minimum Gasteiger partial charge on any atom is -0.462 e. The summed E-state index contributed by atoms with van der Waals surface area (Å²) in [7, 11) is 0. The Hall–Kier alpha value is -2.60. The highest BCUT2D eigenvalue weighted by atomic mass is 16.6. The second-order valence-electron chi connectivity index (χ2n) is 2.89. The van der Waals surface area contributed by atoms with Crippen LogP contribution in [-0.2, 0) is 4.74 Å². The number of non-ortho nitro benzene ring substituents is 1. The fraction of sp³-hybridized carbons (Fsp3) is 0.222. The van der Waals surface area contributed by atoms with Crippen LogP contribution in [0.15, 0.2) is 29.4 Å². The molecule has 0 saturated heterocycles. The van der Waals surface area contributed by atoms with Crippen molar-refractivity contribution < 1.29 is 14.5 Å². The van der Waals surface area contributed by atoms with Gasteiger partial charge in [0.1, 0.15) is 0 Å². The second-order valence-corrected chi connectivity index (χ2v) is 2.89. The molecule has 8 nitrogen and oxygen atoms in total. The molecule has 0 radical (unpaired) electrons. The number of nitro benzene ring substituents is 1. The van der Waals surface area contributed by atoms with Crippen LogP contribution in [0.4, 0.5) is 5.69 Å². The van der Waals surface area contributed by atoms with E-state index in [0.29, 0.717) is 0 Å². The van der Waals surface area contributed by atoms with Gasteiger partial charge in [0.25, 0.3) is 5.69 Å². The van der Waals surface area contributed by atoms with Crippen LogP contribution in [0.5, 0.6) is 0 Å². The smallest absolute Gasteiger partial charge is 0.338 e. The van der Waals surface area contributed by atoms with Crippen LogP contribution in [0.3, 0.4) is 0 Å². The molecule has 1 aromatic rings. The lowest BCUT2D eigenvalue weighted by Gasteiger charge is -2.01. The Morgan fingerprint density at radius 2 is 2.12 bits per heavy atom. The van der Waals surface area contributed by atoms with E-state index in [2.05, 4.69) is 10.0 Å². The first-order valence-corrected chi connectivity index (χ1v) is 4.57. The van der Waals surface area contributed by atoms with Crippen molar-refractivity contribution in [3.8, 4) is 0 Å². The lowest BCUT2D eigenvalue weighted by atomic mass is 10.2. The predicted octanol–water partition coefficient (Wildman–Crippen LogP) is 2.06. The SMILES string of the molecule is [N-]=[N+]=NCCOC(=O)c1ccc([N+](=O)[O-])cc1. The Bertz CT molecular complexity index is 464. The molecule has 17 heavy (non-hydrogen) atoms. The number of rotatable bonds is 5. The molecule has 0 aliphatic rings. The van der Waals surface area contributed by atoms with Gasteiger partial charge >= 0.3 is 5.97 Å². The molecule has 0 atom stereocenters. The van der Waals surface area contributed by atoms with Gasteiger partial charge in [-0.15, -0.1) is 0 Å². The number of nitrogens with zero attached hydrogens (tertiary/aromatic N) is 4. The van der Waals surface area contributed by atoms with Gasteiger partial charge in [-0.05, 0) is 17.7 Å². The summed E-state index contributed by atoms with van der Waals surface area (Å²) in [4.78, 5) is 23.7. The summed E-state index contributed by atoms with van der Waals surface area (Å²) >= 11 is 0. The maximum Gasteiger partial charge on any atom is 0.338 e. The van der Waals surface area contributed by atoms with Gasteiger partial charge in [0.15, 0.2) is 0 Å². The van der Waals surface area contributed by atoms with Crippen LogP contribution >= 0.6 is 0 Å². The summed E-state index contributed by atoms with van der Waals surface area (Å²) in [5.41, 5.74) is 8.09. The number of esters is 1. The first kappa shape index (κ1) is 12.5. The van der Waals surface area contributed by atoms with E-state index in [4.69, 9.17) is 10.3 Å². The van der Waals surface area contributed by atoms with Gasteiger partial charge < -0.3 is 4.74 Å². The number of azide groups is 1. The number of nitro groups is 1. The zero-order chi connectivity index (χ0) is 12.7. The molecular weight excluding hydrogens is 228 g/mol. The van der Waals surface area contributed by atoms with Gasteiger partial charge in [-0.1, -0.05) is 5.11 Å². The van der Waals surface area contributed by atoms with Gasteiger partial charge in [-0.2, -0.15) is 0 Å². The highest BCUT2D eigenvalue weighted by Crippen LogP contribution is 2.12. The Balaban J connectivity index is 2.57. The van der Waals surface area contributed by atoms with Crippen molar-refractivity contribution in [2.45, 2.75) is 0 Å². The molecule has 88 valence electrons. The van der Waals surface area contributed by atoms with E-state index in [0.717, 1.165) is 0 Å². The van der Waals surface area contributed by atoms with E-state index in [1.165, 1.54) is 24.3 Å². The monoisotopic (exact) mass is 236 g/mol. The highest BCUT2D eigenvalue weighted by molar-refractivity contribution is 5.89. The van der Waals surface area contributed by atoms with Crippen molar-refractivity contribution >= 4 is 11.7 Å². The van der Waals surface area contributed by atoms with Crippen molar-refractivity contribution in [2.75, 3.05) is 13.2 Å². The molecule has 0 heterocycles. The van der Waals surface area contributed by atoms with Gasteiger partial charge in [0, 0.05) is 17.0 Å². The number of carbonyl (C=O) groups excluding carboxylic acids is 1. The zero-order valence-electron chi connectivity index (χ0n) is 8.65. The summed E-state index contributed by atoms with van der Waals surface area (Å²) < 4.78 is 4.76. The predicted molar refractivity (Wildman–Crippen MR) is 57.4 cm³/mol. The van der Waals surface area contributed by atoms with Crippen molar-refractivity contribution in [2.24, 2.45) is 5.11 Å². The molecular formula is C9H8N4O4. The number of hydrogen-bond donors (Lipinski definition) is 0. The van der Waals surface area contributed by atoms with Gasteiger partial charge in [-0.25, -0.2) is 4.79 Å². The lowest BCUT2D eigenvalue weighted by molar-refractivity contribution is -0.384. The molecule has 0 fully saturated rings. The number of carbonyl (C=O) groups is 1. The van der Waals surface area contributed by atoms with Crippen molar-refractivity contribution in [3.05, 3.63) is 50.4 Å². The molecule has 0 aliphatic heterocycles. The van der Waals surface area contributed by atoms with Crippen LogP contribution in [0, 0.1) is 10.1 Å². The van der Waals surface area contributed by atoms with Gasteiger partial charge in [0.05, 0.1) is 23.6 Å². The van der Waals surface area contributed by atoms with Crippen LogP contribution in [0.25, 0.3) is 10.4 Å². The molecule has 1 aromatic carbocycles. The van der Waals surface area contributed by atoms with E-state index in [-0.39, 0.29) is 24.4 Å². The third-order valence-corrected chi connectivity index (χ3v) is 1.80. The molecule has 0 unspecified atom stereocenters. The minimum atomic E-state index is -0.618. The summed E-state index contributed by atoms with van der Waals surface area (Å²) in [6, 6.07) is 5.02. The van der Waals surface area contributed by atoms with E-state index in [9.17, 15) is 14.9 Å². The maximum atomic E-state index is 11.4. The Kier molecular flexibility index (Phi) is 4.46. The molecule has 0 spiro atoms. The van der Waals surface area contributed by atoms with Crippen molar-refractivity contribution in [3.63, 3.8) is 0 Å². The highest BCUT2D eigenvalue weighted by Gasteiger charge is 2.09. The number of hydrogen-bond acceptors (Lipinski definition) is 5. The van der Waals surface area contributed by atoms with E-state index in [1.54, 1.807) is 0 Å². The van der Waals surface area contributed by atoms with Gasteiger partial charge in [0.2, 0.25) is 0 Å². The molecule has 1 rings (SSSR count). The standard InChI is InChI=1S/C9H8N4O4/c10-12-11-5-6-17-9(14)7-1-3-8(4-2-7)13(15)16/h1-4H,5-6H2. The number of benzene rings is 1. The first-order valence-electron chi connectivity index (χ1n) is 4.57. The lowest BCUT2D eigenvalue weighted by Crippen LogP contribution is -2.07. The molecule has 8 heteroatoms. The first-order chi connectivity index (χ1) is 8.15. The van der Waals surface area contributed by atoms with Gasteiger partial charge in [-0.3, -0.25) is 10.1 Å². The van der Waals surface area contributed by atoms with Crippen molar-refractivity contribution in [1.29, 1.82) is 0 Å². The summed E-state index contributed by atoms with van der Waals surface area (Å²) in [5, 5.41) is 13.6. The number of ether oxygens (including phenoxy) is 1. The average Bonchev–Trinajstić information content (AvgIpc) is 2.34. The van der Waals surface area contributed by atoms with Crippen LogP contribution in [-0.4, -0.2) is 24.0 Å². The zero-order valence-corrected chi connectivity index (χ0v) is 8.65. The summed E-state index contributed by atoms with van der Waals surface area (Å²) in [5.74, 6) is -0.618. The molecule has 0 saturated carbocycles. The van der Waals surface area contributed by atoms with E-state index < -0.39 is 10.9 Å². The summed E-state index contributed by atoms with van der Waals surface area (Å²) in [6.45, 7) is 0.0229. The molecule has 0 amide bonds. The normalized spacial score (nSPS) is 9.18. The van der Waals surface area contributed by atoms with E-state index in [1.807, 2.05) is 0 Å². The molecule has 0 aromatic heterocycles. The average molecular weight is 236 g/mol. The third-order valence-electron chi connectivity index (χ3n) is 1.80. The Morgan fingerprint density at radius 1 is 1.47 bits per heavy atom. The quantitative estimate of drug-likeness (QED) is 0.148.